The fourth-order valence-electron chi connectivity index (χ4n) is 2.59. The minimum Gasteiger partial charge on any atom is -0.619 e. The zero-order valence-corrected chi connectivity index (χ0v) is 12.9. The maximum Gasteiger partial charge on any atom is 0.339 e. The summed E-state index contributed by atoms with van der Waals surface area (Å²) in [6.07, 6.45) is 5.38. The van der Waals surface area contributed by atoms with Gasteiger partial charge in [0, 0.05) is 12.1 Å². The molecule has 1 atom stereocenters. The molecular formula is C16H19N3O4. The van der Waals surface area contributed by atoms with Crippen molar-refractivity contribution in [2.45, 2.75) is 50.7 Å². The van der Waals surface area contributed by atoms with Crippen LogP contribution in [0.15, 0.2) is 24.5 Å². The van der Waals surface area contributed by atoms with E-state index in [0.717, 1.165) is 19.3 Å². The predicted octanol–water partition coefficient (Wildman–Crippen LogP) is 1.21. The number of carbonyl (C=O) groups excluding carboxylic acids is 2. The van der Waals surface area contributed by atoms with Gasteiger partial charge in [0.25, 0.3) is 5.91 Å². The van der Waals surface area contributed by atoms with Gasteiger partial charge >= 0.3 is 5.97 Å². The van der Waals surface area contributed by atoms with Crippen molar-refractivity contribution in [3.05, 3.63) is 35.3 Å². The minimum absolute atomic E-state index is 0.185. The lowest BCUT2D eigenvalue weighted by molar-refractivity contribution is -0.605. The van der Waals surface area contributed by atoms with E-state index in [0.29, 0.717) is 17.6 Å². The normalized spacial score (nSPS) is 17.6. The summed E-state index contributed by atoms with van der Waals surface area (Å²) >= 11 is 0. The molecule has 7 nitrogen and oxygen atoms in total. The van der Waals surface area contributed by atoms with Crippen LogP contribution in [0.2, 0.25) is 0 Å². The highest BCUT2D eigenvalue weighted by Gasteiger charge is 2.35. The van der Waals surface area contributed by atoms with Crippen LogP contribution in [-0.4, -0.2) is 23.5 Å². The number of hydrogen-bond donors (Lipinski definition) is 1. The lowest BCUT2D eigenvalue weighted by atomic mass is 9.83. The number of nitriles is 1. The molecule has 2 rings (SSSR count). The number of carbonyl (C=O) groups is 2. The molecule has 0 bridgehead atoms. The quantitative estimate of drug-likeness (QED) is 0.510. The van der Waals surface area contributed by atoms with Crippen molar-refractivity contribution >= 4 is 11.9 Å². The average molecular weight is 317 g/mol. The van der Waals surface area contributed by atoms with Gasteiger partial charge in [-0.2, -0.15) is 9.99 Å². The Morgan fingerprint density at radius 1 is 1.35 bits per heavy atom. The summed E-state index contributed by atoms with van der Waals surface area (Å²) in [6, 6.07) is 4.82. The Bertz CT molecular complexity index is 615. The fourth-order valence-corrected chi connectivity index (χ4v) is 2.59. The Labute approximate surface area is 134 Å². The molecule has 122 valence electrons. The smallest absolute Gasteiger partial charge is 0.339 e. The van der Waals surface area contributed by atoms with Crippen molar-refractivity contribution in [3.8, 4) is 6.07 Å². The zero-order chi connectivity index (χ0) is 16.9. The Morgan fingerprint density at radius 3 is 2.52 bits per heavy atom. The van der Waals surface area contributed by atoms with Gasteiger partial charge in [-0.1, -0.05) is 19.3 Å². The molecule has 7 heteroatoms. The minimum atomic E-state index is -1.02. The lowest BCUT2D eigenvalue weighted by Gasteiger charge is -2.32. The Balaban J connectivity index is 1.95. The number of esters is 1. The van der Waals surface area contributed by atoms with E-state index in [1.54, 1.807) is 0 Å². The van der Waals surface area contributed by atoms with E-state index >= 15 is 0 Å². The van der Waals surface area contributed by atoms with Gasteiger partial charge in [0.15, 0.2) is 18.5 Å². The molecule has 0 aromatic carbocycles. The van der Waals surface area contributed by atoms with Gasteiger partial charge < -0.3 is 15.3 Å². The summed E-state index contributed by atoms with van der Waals surface area (Å²) in [5, 5.41) is 23.0. The van der Waals surface area contributed by atoms with E-state index < -0.39 is 23.5 Å². The van der Waals surface area contributed by atoms with Crippen molar-refractivity contribution in [2.24, 2.45) is 0 Å². The molecule has 1 amide bonds. The number of aromatic nitrogens is 1. The van der Waals surface area contributed by atoms with Crippen LogP contribution >= 0.6 is 0 Å². The van der Waals surface area contributed by atoms with Crippen LogP contribution in [0, 0.1) is 16.5 Å². The molecule has 0 spiro atoms. The monoisotopic (exact) mass is 317 g/mol. The third kappa shape index (κ3) is 4.19. The highest BCUT2D eigenvalue weighted by molar-refractivity contribution is 5.92. The number of amides is 1. The highest BCUT2D eigenvalue weighted by atomic mass is 16.5. The Hall–Kier alpha value is -2.62. The largest absolute Gasteiger partial charge is 0.619 e. The first-order valence-corrected chi connectivity index (χ1v) is 7.59. The molecule has 1 N–H and O–H groups in total. The topological polar surface area (TPSA) is 106 Å². The number of nitrogens with one attached hydrogen (secondary N) is 1. The zero-order valence-electron chi connectivity index (χ0n) is 12.9. The van der Waals surface area contributed by atoms with Gasteiger partial charge in [0.05, 0.1) is 11.6 Å². The molecule has 0 aliphatic heterocycles. The molecule has 1 aromatic heterocycles. The molecular weight excluding hydrogens is 298 g/mol. The second kappa shape index (κ2) is 7.09. The van der Waals surface area contributed by atoms with E-state index in [2.05, 4.69) is 11.4 Å². The SMILES string of the molecule is C[C@H](OC(=O)c1cc[n+]([O-])cc1)C(=O)NC1(C#N)CCCCC1. The van der Waals surface area contributed by atoms with Crippen molar-refractivity contribution in [1.29, 1.82) is 5.26 Å². The van der Waals surface area contributed by atoms with Gasteiger partial charge in [-0.25, -0.2) is 4.79 Å². The third-order valence-corrected chi connectivity index (χ3v) is 3.97. The molecule has 1 aliphatic carbocycles. The van der Waals surface area contributed by atoms with Crippen LogP contribution in [0.25, 0.3) is 0 Å². The van der Waals surface area contributed by atoms with Crippen molar-refractivity contribution < 1.29 is 19.1 Å². The molecule has 0 radical (unpaired) electrons. The van der Waals surface area contributed by atoms with Crippen LogP contribution in [0.5, 0.6) is 0 Å². The first kappa shape index (κ1) is 16.7. The standard InChI is InChI=1S/C16H19N3O4/c1-12(23-15(21)13-5-9-19(22)10-6-13)14(20)18-16(11-17)7-3-2-4-8-16/h5-6,9-10,12H,2-4,7-8H2,1H3,(H,18,20)/t12-/m0/s1. The number of hydrogen-bond acceptors (Lipinski definition) is 5. The second-order valence-corrected chi connectivity index (χ2v) is 5.74. The van der Waals surface area contributed by atoms with E-state index in [1.165, 1.54) is 31.5 Å². The molecule has 0 unspecified atom stereocenters. The molecule has 23 heavy (non-hydrogen) atoms. The number of pyridine rings is 1. The molecule has 1 heterocycles. The number of nitrogens with zero attached hydrogens (tertiary/aromatic N) is 2. The first-order valence-electron chi connectivity index (χ1n) is 7.59. The maximum absolute atomic E-state index is 12.2. The van der Waals surface area contributed by atoms with Crippen LogP contribution in [-0.2, 0) is 9.53 Å². The van der Waals surface area contributed by atoms with Crippen molar-refractivity contribution in [1.82, 2.24) is 5.32 Å². The van der Waals surface area contributed by atoms with E-state index in [9.17, 15) is 20.1 Å². The third-order valence-electron chi connectivity index (χ3n) is 3.97. The summed E-state index contributed by atoms with van der Waals surface area (Å²) in [5.74, 6) is -1.18. The second-order valence-electron chi connectivity index (χ2n) is 5.74. The Morgan fingerprint density at radius 2 is 1.96 bits per heavy atom. The van der Waals surface area contributed by atoms with Crippen molar-refractivity contribution in [3.63, 3.8) is 0 Å². The Kier molecular flexibility index (Phi) is 5.16. The van der Waals surface area contributed by atoms with Crippen LogP contribution in [0.1, 0.15) is 49.4 Å². The van der Waals surface area contributed by atoms with E-state index in [4.69, 9.17) is 4.74 Å². The van der Waals surface area contributed by atoms with E-state index in [1.807, 2.05) is 0 Å². The molecule has 1 aromatic rings. The average Bonchev–Trinajstić information content (AvgIpc) is 2.56. The van der Waals surface area contributed by atoms with Gasteiger partial charge in [-0.05, 0) is 19.8 Å². The summed E-state index contributed by atoms with van der Waals surface area (Å²) in [4.78, 5) is 24.1. The van der Waals surface area contributed by atoms with Crippen LogP contribution in [0.4, 0.5) is 0 Å². The van der Waals surface area contributed by atoms with Gasteiger partial charge in [0.1, 0.15) is 5.54 Å². The van der Waals surface area contributed by atoms with Crippen LogP contribution in [0.3, 0.4) is 0 Å². The summed E-state index contributed by atoms with van der Waals surface area (Å²) in [7, 11) is 0. The number of ether oxygens (including phenoxy) is 1. The molecule has 1 fully saturated rings. The van der Waals surface area contributed by atoms with Crippen LogP contribution < -0.4 is 10.0 Å². The number of rotatable bonds is 4. The summed E-state index contributed by atoms with van der Waals surface area (Å²) in [5.41, 5.74) is -0.680. The van der Waals surface area contributed by atoms with Gasteiger partial charge in [-0.15, -0.1) is 0 Å². The fraction of sp³-hybridized carbons (Fsp3) is 0.500. The molecule has 0 saturated heterocycles. The first-order chi connectivity index (χ1) is 11.0. The molecule has 1 aliphatic rings. The van der Waals surface area contributed by atoms with Gasteiger partial charge in [0.2, 0.25) is 0 Å². The van der Waals surface area contributed by atoms with E-state index in [-0.39, 0.29) is 5.56 Å². The van der Waals surface area contributed by atoms with Gasteiger partial charge in [-0.3, -0.25) is 4.79 Å². The summed E-state index contributed by atoms with van der Waals surface area (Å²) in [6.45, 7) is 1.46. The summed E-state index contributed by atoms with van der Waals surface area (Å²) < 4.78 is 5.65. The predicted molar refractivity (Wildman–Crippen MR) is 79.9 cm³/mol. The molecule has 1 saturated carbocycles. The van der Waals surface area contributed by atoms with Crippen molar-refractivity contribution in [2.75, 3.05) is 0 Å². The lowest BCUT2D eigenvalue weighted by Crippen LogP contribution is -2.52. The highest BCUT2D eigenvalue weighted by Crippen LogP contribution is 2.27. The maximum atomic E-state index is 12.2.